The number of hydrogen-bond donors (Lipinski definition) is 2. The summed E-state index contributed by atoms with van der Waals surface area (Å²) in [6.45, 7) is 0.124. The number of sulfonamides is 1. The van der Waals surface area contributed by atoms with E-state index in [1.165, 1.54) is 17.8 Å². The normalized spacial score (nSPS) is 11.5. The van der Waals surface area contributed by atoms with Crippen LogP contribution in [0.2, 0.25) is 0 Å². The SMILES string of the molecule is Cn1cc(S(=O)(=O)NCc2cccc(Br)c2)cc1C(=O)O. The van der Waals surface area contributed by atoms with Crippen LogP contribution in [0.3, 0.4) is 0 Å². The van der Waals surface area contributed by atoms with Crippen molar-refractivity contribution in [3.8, 4) is 0 Å². The third-order valence-corrected chi connectivity index (χ3v) is 4.73. The summed E-state index contributed by atoms with van der Waals surface area (Å²) in [4.78, 5) is 10.9. The highest BCUT2D eigenvalue weighted by atomic mass is 79.9. The highest BCUT2D eigenvalue weighted by Gasteiger charge is 2.19. The molecule has 1 heterocycles. The predicted molar refractivity (Wildman–Crippen MR) is 80.5 cm³/mol. The van der Waals surface area contributed by atoms with E-state index in [-0.39, 0.29) is 17.1 Å². The van der Waals surface area contributed by atoms with E-state index in [4.69, 9.17) is 5.11 Å². The van der Waals surface area contributed by atoms with Crippen LogP contribution in [-0.2, 0) is 23.6 Å². The van der Waals surface area contributed by atoms with Gasteiger partial charge in [-0.05, 0) is 23.8 Å². The van der Waals surface area contributed by atoms with E-state index < -0.39 is 16.0 Å². The number of aromatic nitrogens is 1. The maximum Gasteiger partial charge on any atom is 0.352 e. The summed E-state index contributed by atoms with van der Waals surface area (Å²) in [7, 11) is -2.27. The molecule has 1 aromatic carbocycles. The van der Waals surface area contributed by atoms with E-state index in [1.807, 2.05) is 6.07 Å². The molecule has 0 amide bonds. The summed E-state index contributed by atoms with van der Waals surface area (Å²) in [6.07, 6.45) is 1.27. The van der Waals surface area contributed by atoms with E-state index >= 15 is 0 Å². The monoisotopic (exact) mass is 372 g/mol. The van der Waals surface area contributed by atoms with Crippen molar-refractivity contribution < 1.29 is 18.3 Å². The van der Waals surface area contributed by atoms with Crippen molar-refractivity contribution in [2.45, 2.75) is 11.4 Å². The Morgan fingerprint density at radius 1 is 1.38 bits per heavy atom. The van der Waals surface area contributed by atoms with Crippen LogP contribution in [0.5, 0.6) is 0 Å². The van der Waals surface area contributed by atoms with Crippen molar-refractivity contribution in [2.75, 3.05) is 0 Å². The third-order valence-electron chi connectivity index (χ3n) is 2.86. The molecular weight excluding hydrogens is 360 g/mol. The first-order valence-corrected chi connectivity index (χ1v) is 8.21. The van der Waals surface area contributed by atoms with Crippen LogP contribution in [-0.4, -0.2) is 24.1 Å². The number of rotatable bonds is 5. The topological polar surface area (TPSA) is 88.4 Å². The smallest absolute Gasteiger partial charge is 0.352 e. The van der Waals surface area contributed by atoms with Gasteiger partial charge in [-0.25, -0.2) is 17.9 Å². The van der Waals surface area contributed by atoms with E-state index in [0.29, 0.717) is 0 Å². The number of nitrogens with one attached hydrogen (secondary N) is 1. The molecule has 1 aromatic heterocycles. The molecule has 112 valence electrons. The van der Waals surface area contributed by atoms with Gasteiger partial charge < -0.3 is 9.67 Å². The number of aromatic carboxylic acids is 1. The van der Waals surface area contributed by atoms with Crippen LogP contribution < -0.4 is 4.72 Å². The molecule has 0 aliphatic heterocycles. The van der Waals surface area contributed by atoms with Crippen molar-refractivity contribution in [1.82, 2.24) is 9.29 Å². The molecule has 2 N–H and O–H groups in total. The van der Waals surface area contributed by atoms with E-state index in [0.717, 1.165) is 16.1 Å². The molecule has 0 spiro atoms. The molecule has 21 heavy (non-hydrogen) atoms. The zero-order valence-electron chi connectivity index (χ0n) is 11.1. The quantitative estimate of drug-likeness (QED) is 0.839. The second-order valence-corrected chi connectivity index (χ2v) is 7.11. The average molecular weight is 373 g/mol. The Hall–Kier alpha value is -1.64. The molecule has 6 nitrogen and oxygen atoms in total. The lowest BCUT2D eigenvalue weighted by atomic mass is 10.2. The average Bonchev–Trinajstić information content (AvgIpc) is 2.80. The zero-order chi connectivity index (χ0) is 15.6. The number of carbonyl (C=O) groups is 1. The Kier molecular flexibility index (Phi) is 4.50. The first-order chi connectivity index (χ1) is 9.79. The zero-order valence-corrected chi connectivity index (χ0v) is 13.5. The second-order valence-electron chi connectivity index (χ2n) is 4.43. The van der Waals surface area contributed by atoms with Crippen molar-refractivity contribution in [1.29, 1.82) is 0 Å². The number of nitrogens with zero attached hydrogens (tertiary/aromatic N) is 1. The first-order valence-electron chi connectivity index (χ1n) is 5.93. The van der Waals surface area contributed by atoms with Gasteiger partial charge in [0.15, 0.2) is 0 Å². The van der Waals surface area contributed by atoms with Crippen LogP contribution in [0, 0.1) is 0 Å². The van der Waals surface area contributed by atoms with E-state index in [2.05, 4.69) is 20.7 Å². The lowest BCUT2D eigenvalue weighted by Gasteiger charge is -2.05. The Labute approximate surface area is 130 Å². The molecule has 0 fully saturated rings. The van der Waals surface area contributed by atoms with Crippen molar-refractivity contribution in [3.63, 3.8) is 0 Å². The number of hydrogen-bond acceptors (Lipinski definition) is 3. The number of aryl methyl sites for hydroxylation is 1. The van der Waals surface area contributed by atoms with E-state index in [9.17, 15) is 13.2 Å². The maximum absolute atomic E-state index is 12.1. The van der Waals surface area contributed by atoms with Crippen LogP contribution in [0.15, 0.2) is 45.9 Å². The molecule has 0 aliphatic carbocycles. The lowest BCUT2D eigenvalue weighted by Crippen LogP contribution is -2.22. The molecule has 2 rings (SSSR count). The highest BCUT2D eigenvalue weighted by Crippen LogP contribution is 2.15. The van der Waals surface area contributed by atoms with Gasteiger partial charge >= 0.3 is 5.97 Å². The van der Waals surface area contributed by atoms with Gasteiger partial charge in [0.05, 0.1) is 0 Å². The molecule has 0 atom stereocenters. The van der Waals surface area contributed by atoms with Gasteiger partial charge in [-0.1, -0.05) is 28.1 Å². The predicted octanol–water partition coefficient (Wildman–Crippen LogP) is 1.96. The van der Waals surface area contributed by atoms with Crippen LogP contribution >= 0.6 is 15.9 Å². The van der Waals surface area contributed by atoms with Crippen molar-refractivity contribution in [3.05, 3.63) is 52.3 Å². The number of carboxylic acid groups (broad SMARTS) is 1. The minimum absolute atomic E-state index is 0.0719. The summed E-state index contributed by atoms with van der Waals surface area (Å²) >= 11 is 3.31. The summed E-state index contributed by atoms with van der Waals surface area (Å²) in [5, 5.41) is 8.94. The molecule has 2 aromatic rings. The highest BCUT2D eigenvalue weighted by molar-refractivity contribution is 9.10. The summed E-state index contributed by atoms with van der Waals surface area (Å²) in [5.74, 6) is -1.18. The Balaban J connectivity index is 2.19. The molecule has 0 saturated heterocycles. The third kappa shape index (κ3) is 3.72. The lowest BCUT2D eigenvalue weighted by molar-refractivity contribution is 0.0686. The fourth-order valence-corrected chi connectivity index (χ4v) is 3.34. The van der Waals surface area contributed by atoms with Crippen LogP contribution in [0.1, 0.15) is 16.1 Å². The molecule has 0 bridgehead atoms. The van der Waals surface area contributed by atoms with Gasteiger partial charge in [0.25, 0.3) is 0 Å². The van der Waals surface area contributed by atoms with Gasteiger partial charge in [-0.2, -0.15) is 0 Å². The van der Waals surface area contributed by atoms with Crippen LogP contribution in [0.25, 0.3) is 0 Å². The summed E-state index contributed by atoms with van der Waals surface area (Å²) < 4.78 is 28.9. The maximum atomic E-state index is 12.1. The number of benzene rings is 1. The Morgan fingerprint density at radius 2 is 2.10 bits per heavy atom. The Bertz CT molecular complexity index is 783. The number of carboxylic acids is 1. The van der Waals surface area contributed by atoms with Crippen LogP contribution in [0.4, 0.5) is 0 Å². The summed E-state index contributed by atoms with van der Waals surface area (Å²) in [6, 6.07) is 8.37. The minimum atomic E-state index is -3.76. The van der Waals surface area contributed by atoms with Gasteiger partial charge in [-0.3, -0.25) is 0 Å². The Morgan fingerprint density at radius 3 is 2.67 bits per heavy atom. The van der Waals surface area contributed by atoms with Gasteiger partial charge in [0.2, 0.25) is 10.0 Å². The molecule has 0 aliphatic rings. The molecule has 8 heteroatoms. The standard InChI is InChI=1S/C13H13BrN2O4S/c1-16-8-11(6-12(16)13(17)18)21(19,20)15-7-9-3-2-4-10(14)5-9/h2-6,8,15H,7H2,1H3,(H,17,18). The fourth-order valence-electron chi connectivity index (χ4n) is 1.80. The molecular formula is C13H13BrN2O4S. The van der Waals surface area contributed by atoms with E-state index in [1.54, 1.807) is 18.2 Å². The van der Waals surface area contributed by atoms with Gasteiger partial charge in [0.1, 0.15) is 10.6 Å². The van der Waals surface area contributed by atoms with Gasteiger partial charge in [0, 0.05) is 24.3 Å². The van der Waals surface area contributed by atoms with Crippen molar-refractivity contribution >= 4 is 31.9 Å². The van der Waals surface area contributed by atoms with Crippen molar-refractivity contribution in [2.24, 2.45) is 7.05 Å². The molecule has 0 radical (unpaired) electrons. The number of halogens is 1. The fraction of sp³-hybridized carbons (Fsp3) is 0.154. The minimum Gasteiger partial charge on any atom is -0.477 e. The first kappa shape index (κ1) is 15.7. The second kappa shape index (κ2) is 6.00. The largest absolute Gasteiger partial charge is 0.477 e. The summed E-state index contributed by atoms with van der Waals surface area (Å²) in [5.41, 5.74) is 0.708. The molecule has 0 saturated carbocycles. The van der Waals surface area contributed by atoms with Gasteiger partial charge in [-0.15, -0.1) is 0 Å². The molecule has 0 unspecified atom stereocenters.